The summed E-state index contributed by atoms with van der Waals surface area (Å²) in [5.41, 5.74) is 6.83. The molecule has 0 saturated carbocycles. The number of anilines is 1. The van der Waals surface area contributed by atoms with Gasteiger partial charge in [-0.2, -0.15) is 0 Å². The van der Waals surface area contributed by atoms with Gasteiger partial charge in [-0.1, -0.05) is 17.7 Å². The molecule has 1 aromatic rings. The Morgan fingerprint density at radius 1 is 1.29 bits per heavy atom. The lowest BCUT2D eigenvalue weighted by Crippen LogP contribution is -2.42. The largest absolute Gasteiger partial charge is 0.369 e. The second-order valence-corrected chi connectivity index (χ2v) is 3.92. The molecule has 5 nitrogen and oxygen atoms in total. The molecular formula is C12H17N3O2. The molecule has 0 saturated heterocycles. The molecule has 0 aliphatic carbocycles. The third-order valence-electron chi connectivity index (χ3n) is 2.29. The maximum Gasteiger partial charge on any atom is 0.241 e. The highest BCUT2D eigenvalue weighted by molar-refractivity contribution is 5.94. The van der Waals surface area contributed by atoms with Crippen molar-refractivity contribution in [1.29, 1.82) is 0 Å². The van der Waals surface area contributed by atoms with Gasteiger partial charge >= 0.3 is 0 Å². The topological polar surface area (TPSA) is 84.2 Å². The van der Waals surface area contributed by atoms with Crippen molar-refractivity contribution in [2.75, 3.05) is 11.9 Å². The molecule has 0 spiro atoms. The zero-order chi connectivity index (χ0) is 12.8. The van der Waals surface area contributed by atoms with Crippen molar-refractivity contribution in [3.8, 4) is 0 Å². The van der Waals surface area contributed by atoms with Crippen molar-refractivity contribution in [2.45, 2.75) is 19.9 Å². The molecular weight excluding hydrogens is 218 g/mol. The number of carbonyl (C=O) groups excluding carboxylic acids is 2. The van der Waals surface area contributed by atoms with E-state index in [1.165, 1.54) is 0 Å². The lowest BCUT2D eigenvalue weighted by atomic mass is 10.2. The predicted molar refractivity (Wildman–Crippen MR) is 66.5 cm³/mol. The monoisotopic (exact) mass is 235 g/mol. The van der Waals surface area contributed by atoms with Crippen molar-refractivity contribution in [3.05, 3.63) is 29.8 Å². The third kappa shape index (κ3) is 4.65. The lowest BCUT2D eigenvalue weighted by molar-refractivity contribution is -0.119. The molecule has 0 heterocycles. The van der Waals surface area contributed by atoms with E-state index in [0.29, 0.717) is 0 Å². The van der Waals surface area contributed by atoms with Crippen molar-refractivity contribution < 1.29 is 9.59 Å². The van der Waals surface area contributed by atoms with E-state index < -0.39 is 11.9 Å². The highest BCUT2D eigenvalue weighted by Crippen LogP contribution is 2.08. The minimum absolute atomic E-state index is 0.0114. The number of rotatable bonds is 5. The van der Waals surface area contributed by atoms with Gasteiger partial charge in [-0.25, -0.2) is 0 Å². The van der Waals surface area contributed by atoms with E-state index >= 15 is 0 Å². The number of amides is 2. The first-order valence-electron chi connectivity index (χ1n) is 5.38. The summed E-state index contributed by atoms with van der Waals surface area (Å²) in [5.74, 6) is -0.685. The van der Waals surface area contributed by atoms with Crippen molar-refractivity contribution in [1.82, 2.24) is 5.32 Å². The summed E-state index contributed by atoms with van der Waals surface area (Å²) in [6.45, 7) is 3.64. The van der Waals surface area contributed by atoms with Crippen LogP contribution in [0.4, 0.5) is 5.69 Å². The highest BCUT2D eigenvalue weighted by Gasteiger charge is 2.12. The van der Waals surface area contributed by atoms with Gasteiger partial charge in [0.25, 0.3) is 0 Å². The molecule has 17 heavy (non-hydrogen) atoms. The first-order chi connectivity index (χ1) is 7.99. The van der Waals surface area contributed by atoms with Gasteiger partial charge in [0.15, 0.2) is 0 Å². The molecule has 0 aliphatic rings. The first kappa shape index (κ1) is 13.2. The number of carbonyl (C=O) groups is 2. The smallest absolute Gasteiger partial charge is 0.241 e. The summed E-state index contributed by atoms with van der Waals surface area (Å²) in [7, 11) is 0. The van der Waals surface area contributed by atoms with Crippen molar-refractivity contribution in [2.24, 2.45) is 5.73 Å². The van der Waals surface area contributed by atoms with Crippen LogP contribution in [0.2, 0.25) is 0 Å². The number of nitrogens with two attached hydrogens (primary N) is 1. The van der Waals surface area contributed by atoms with Gasteiger partial charge in [-0.3, -0.25) is 14.9 Å². The van der Waals surface area contributed by atoms with Crippen molar-refractivity contribution in [3.63, 3.8) is 0 Å². The normalized spacial score (nSPS) is 11.9. The Labute approximate surface area is 100 Å². The van der Waals surface area contributed by atoms with Crippen LogP contribution in [0, 0.1) is 6.92 Å². The molecule has 0 aliphatic heterocycles. The van der Waals surface area contributed by atoms with Gasteiger partial charge < -0.3 is 11.1 Å². The number of hydrogen-bond acceptors (Lipinski definition) is 3. The van der Waals surface area contributed by atoms with Gasteiger partial charge in [-0.15, -0.1) is 0 Å². The number of hydrogen-bond donors (Lipinski definition) is 3. The summed E-state index contributed by atoms with van der Waals surface area (Å²) in [4.78, 5) is 22.2. The fourth-order valence-corrected chi connectivity index (χ4v) is 1.23. The van der Waals surface area contributed by atoms with Crippen LogP contribution in [0.5, 0.6) is 0 Å². The lowest BCUT2D eigenvalue weighted by Gasteiger charge is -2.12. The van der Waals surface area contributed by atoms with Crippen LogP contribution in [0.25, 0.3) is 0 Å². The minimum atomic E-state index is -0.486. The first-order valence-corrected chi connectivity index (χ1v) is 5.38. The van der Waals surface area contributed by atoms with E-state index in [1.807, 2.05) is 31.2 Å². The molecule has 4 N–H and O–H groups in total. The summed E-state index contributed by atoms with van der Waals surface area (Å²) in [6, 6.07) is 7.01. The third-order valence-corrected chi connectivity index (χ3v) is 2.29. The summed E-state index contributed by atoms with van der Waals surface area (Å²) >= 11 is 0. The zero-order valence-electron chi connectivity index (χ0n) is 9.99. The highest BCUT2D eigenvalue weighted by atomic mass is 16.2. The molecule has 0 aromatic heterocycles. The van der Waals surface area contributed by atoms with E-state index in [4.69, 9.17) is 5.73 Å². The summed E-state index contributed by atoms with van der Waals surface area (Å²) in [5, 5.41) is 5.47. The number of aryl methyl sites for hydroxylation is 1. The Hall–Kier alpha value is -1.88. The van der Waals surface area contributed by atoms with Crippen LogP contribution in [0.3, 0.4) is 0 Å². The van der Waals surface area contributed by atoms with Gasteiger partial charge in [0, 0.05) is 5.69 Å². The van der Waals surface area contributed by atoms with E-state index in [9.17, 15) is 9.59 Å². The number of primary amides is 1. The molecule has 2 amide bonds. The van der Waals surface area contributed by atoms with Gasteiger partial charge in [0.2, 0.25) is 11.8 Å². The van der Waals surface area contributed by atoms with Crippen molar-refractivity contribution >= 4 is 17.5 Å². The Morgan fingerprint density at radius 2 is 1.88 bits per heavy atom. The molecule has 1 atom stereocenters. The fraction of sp³-hybridized carbons (Fsp3) is 0.333. The van der Waals surface area contributed by atoms with E-state index in [2.05, 4.69) is 10.6 Å². The maximum atomic E-state index is 11.7. The van der Waals surface area contributed by atoms with Gasteiger partial charge in [-0.05, 0) is 26.0 Å². The quantitative estimate of drug-likeness (QED) is 0.690. The molecule has 5 heteroatoms. The van der Waals surface area contributed by atoms with E-state index in [1.54, 1.807) is 6.92 Å². The maximum absolute atomic E-state index is 11.7. The fourth-order valence-electron chi connectivity index (χ4n) is 1.23. The summed E-state index contributed by atoms with van der Waals surface area (Å²) < 4.78 is 0. The molecule has 92 valence electrons. The Kier molecular flexibility index (Phi) is 4.66. The second kappa shape index (κ2) is 6.00. The molecule has 1 aromatic carbocycles. The second-order valence-electron chi connectivity index (χ2n) is 3.92. The van der Waals surface area contributed by atoms with E-state index in [-0.39, 0.29) is 12.5 Å². The summed E-state index contributed by atoms with van der Waals surface area (Å²) in [6.07, 6.45) is 0. The SMILES string of the molecule is Cc1ccc(NC(=O)C(C)NCC(N)=O)cc1. The van der Waals surface area contributed by atoms with Gasteiger partial charge in [0.1, 0.15) is 0 Å². The van der Waals surface area contributed by atoms with Crippen LogP contribution in [0.1, 0.15) is 12.5 Å². The molecule has 1 rings (SSSR count). The average molecular weight is 235 g/mol. The van der Waals surface area contributed by atoms with Crippen LogP contribution in [-0.2, 0) is 9.59 Å². The van der Waals surface area contributed by atoms with Crippen LogP contribution in [-0.4, -0.2) is 24.4 Å². The Balaban J connectivity index is 2.48. The van der Waals surface area contributed by atoms with Crippen LogP contribution in [0.15, 0.2) is 24.3 Å². The molecule has 0 fully saturated rings. The molecule has 0 radical (unpaired) electrons. The van der Waals surface area contributed by atoms with Crippen LogP contribution >= 0.6 is 0 Å². The predicted octanol–water partition coefficient (Wildman–Crippen LogP) is 0.397. The number of nitrogens with one attached hydrogen (secondary N) is 2. The average Bonchev–Trinajstić information content (AvgIpc) is 2.28. The molecule has 0 bridgehead atoms. The Morgan fingerprint density at radius 3 is 2.41 bits per heavy atom. The number of benzene rings is 1. The standard InChI is InChI=1S/C12H17N3O2/c1-8-3-5-10(6-4-8)15-12(17)9(2)14-7-11(13)16/h3-6,9,14H,7H2,1-2H3,(H2,13,16)(H,15,17). The Bertz CT molecular complexity index is 401. The van der Waals surface area contributed by atoms with E-state index in [0.717, 1.165) is 11.3 Å². The van der Waals surface area contributed by atoms with Crippen LogP contribution < -0.4 is 16.4 Å². The minimum Gasteiger partial charge on any atom is -0.369 e. The molecule has 1 unspecified atom stereocenters. The zero-order valence-corrected chi connectivity index (χ0v) is 9.99. The van der Waals surface area contributed by atoms with Gasteiger partial charge in [0.05, 0.1) is 12.6 Å².